The van der Waals surface area contributed by atoms with Gasteiger partial charge in [-0.25, -0.2) is 4.98 Å². The number of benzene rings is 2. The molecular formula is C24H16F3N5O2S. The number of fused-ring (bicyclic) bond motifs is 1. The van der Waals surface area contributed by atoms with E-state index in [4.69, 9.17) is 4.52 Å². The van der Waals surface area contributed by atoms with Gasteiger partial charge in [0.25, 0.3) is 11.6 Å². The van der Waals surface area contributed by atoms with Gasteiger partial charge in [-0.1, -0.05) is 58.5 Å². The first-order chi connectivity index (χ1) is 16.7. The molecule has 3 heterocycles. The molecule has 1 amide bonds. The summed E-state index contributed by atoms with van der Waals surface area (Å²) < 4.78 is 43.8. The standard InChI is InChI=1S/C24H16F3N5O2S/c1-12-3-5-14(6-4-12)18-11-17(19-13(2)32-34-21(19)28-18)20(33)29-23-31-30-22(35-23)15-7-9-16(10-8-15)24(25,26)27/h3-11H,1-2H3,(H,29,31,33). The minimum absolute atomic E-state index is 0.195. The van der Waals surface area contributed by atoms with Gasteiger partial charge in [0.2, 0.25) is 5.13 Å². The van der Waals surface area contributed by atoms with Gasteiger partial charge in [0.05, 0.1) is 27.9 Å². The molecule has 0 bridgehead atoms. The quantitative estimate of drug-likeness (QED) is 0.315. The summed E-state index contributed by atoms with van der Waals surface area (Å²) in [5.41, 5.74) is 3.18. The average Bonchev–Trinajstić information content (AvgIpc) is 3.45. The zero-order chi connectivity index (χ0) is 24.7. The Hall–Kier alpha value is -4.12. The molecule has 0 aliphatic carbocycles. The molecule has 2 aromatic carbocycles. The highest BCUT2D eigenvalue weighted by atomic mass is 32.1. The number of rotatable bonds is 4. The number of aryl methyl sites for hydroxylation is 2. The molecule has 0 saturated heterocycles. The molecule has 0 spiro atoms. The molecule has 0 saturated carbocycles. The fourth-order valence-corrected chi connectivity index (χ4v) is 4.25. The molecule has 0 radical (unpaired) electrons. The van der Waals surface area contributed by atoms with Crippen molar-refractivity contribution >= 4 is 33.5 Å². The topological polar surface area (TPSA) is 93.8 Å². The zero-order valence-electron chi connectivity index (χ0n) is 18.3. The van der Waals surface area contributed by atoms with Gasteiger partial charge in [0, 0.05) is 11.1 Å². The van der Waals surface area contributed by atoms with Gasteiger partial charge in [-0.15, -0.1) is 10.2 Å². The summed E-state index contributed by atoms with van der Waals surface area (Å²) in [5, 5.41) is 15.7. The van der Waals surface area contributed by atoms with E-state index in [0.29, 0.717) is 32.9 Å². The van der Waals surface area contributed by atoms with Crippen LogP contribution in [0.2, 0.25) is 0 Å². The van der Waals surface area contributed by atoms with E-state index in [9.17, 15) is 18.0 Å². The Kier molecular flexibility index (Phi) is 5.56. The fraction of sp³-hybridized carbons (Fsp3) is 0.125. The van der Waals surface area contributed by atoms with E-state index in [1.54, 1.807) is 13.0 Å². The first-order valence-corrected chi connectivity index (χ1v) is 11.2. The lowest BCUT2D eigenvalue weighted by Gasteiger charge is -2.07. The lowest BCUT2D eigenvalue weighted by atomic mass is 10.0. The molecule has 11 heteroatoms. The molecular weight excluding hydrogens is 479 g/mol. The van der Waals surface area contributed by atoms with Gasteiger partial charge < -0.3 is 4.52 Å². The van der Waals surface area contributed by atoms with Gasteiger partial charge in [-0.05, 0) is 32.0 Å². The summed E-state index contributed by atoms with van der Waals surface area (Å²) in [6.45, 7) is 3.68. The van der Waals surface area contributed by atoms with Crippen molar-refractivity contribution < 1.29 is 22.5 Å². The van der Waals surface area contributed by atoms with Crippen molar-refractivity contribution in [3.63, 3.8) is 0 Å². The van der Waals surface area contributed by atoms with E-state index in [2.05, 4.69) is 25.7 Å². The Morgan fingerprint density at radius 3 is 2.34 bits per heavy atom. The molecule has 5 rings (SSSR count). The lowest BCUT2D eigenvalue weighted by molar-refractivity contribution is -0.137. The highest BCUT2D eigenvalue weighted by Crippen LogP contribution is 2.33. The normalized spacial score (nSPS) is 11.7. The van der Waals surface area contributed by atoms with Gasteiger partial charge in [-0.3, -0.25) is 10.1 Å². The van der Waals surface area contributed by atoms with Crippen LogP contribution < -0.4 is 5.32 Å². The van der Waals surface area contributed by atoms with Crippen LogP contribution in [0.3, 0.4) is 0 Å². The number of carbonyl (C=O) groups is 1. The van der Waals surface area contributed by atoms with Gasteiger partial charge in [-0.2, -0.15) is 13.2 Å². The van der Waals surface area contributed by atoms with Gasteiger partial charge in [0.1, 0.15) is 5.01 Å². The molecule has 7 nitrogen and oxygen atoms in total. The Labute approximate surface area is 200 Å². The predicted octanol–water partition coefficient (Wildman–Crippen LogP) is 6.30. The second-order valence-corrected chi connectivity index (χ2v) is 8.79. The Balaban J connectivity index is 1.45. The third-order valence-electron chi connectivity index (χ3n) is 5.31. The number of aromatic nitrogens is 4. The lowest BCUT2D eigenvalue weighted by Crippen LogP contribution is -2.13. The van der Waals surface area contributed by atoms with E-state index in [0.717, 1.165) is 34.6 Å². The second-order valence-electron chi connectivity index (χ2n) is 7.81. The van der Waals surface area contributed by atoms with Crippen LogP contribution >= 0.6 is 11.3 Å². The van der Waals surface area contributed by atoms with Crippen molar-refractivity contribution in [3.8, 4) is 21.8 Å². The van der Waals surface area contributed by atoms with Crippen molar-refractivity contribution in [2.24, 2.45) is 0 Å². The number of pyridine rings is 1. The predicted molar refractivity (Wildman–Crippen MR) is 125 cm³/mol. The monoisotopic (exact) mass is 495 g/mol. The van der Waals surface area contributed by atoms with Crippen molar-refractivity contribution in [2.45, 2.75) is 20.0 Å². The van der Waals surface area contributed by atoms with Crippen LogP contribution in [-0.4, -0.2) is 26.2 Å². The average molecular weight is 495 g/mol. The summed E-state index contributed by atoms with van der Waals surface area (Å²) in [6.07, 6.45) is -4.42. The molecule has 176 valence electrons. The van der Waals surface area contributed by atoms with Gasteiger partial charge in [0.15, 0.2) is 0 Å². The molecule has 5 aromatic rings. The van der Waals surface area contributed by atoms with Crippen molar-refractivity contribution in [1.29, 1.82) is 0 Å². The third-order valence-corrected chi connectivity index (χ3v) is 6.20. The van der Waals surface area contributed by atoms with Crippen LogP contribution in [0.5, 0.6) is 0 Å². The first-order valence-electron chi connectivity index (χ1n) is 10.4. The number of anilines is 1. The number of alkyl halides is 3. The number of halogens is 3. The molecule has 1 N–H and O–H groups in total. The number of hydrogen-bond donors (Lipinski definition) is 1. The van der Waals surface area contributed by atoms with Crippen LogP contribution in [0.4, 0.5) is 18.3 Å². The summed E-state index contributed by atoms with van der Waals surface area (Å²) in [7, 11) is 0. The van der Waals surface area contributed by atoms with E-state index in [-0.39, 0.29) is 10.8 Å². The maximum atomic E-state index is 13.2. The van der Waals surface area contributed by atoms with Gasteiger partial charge >= 0.3 is 6.18 Å². The largest absolute Gasteiger partial charge is 0.416 e. The second kappa shape index (κ2) is 8.58. The Bertz CT molecular complexity index is 1540. The number of carbonyl (C=O) groups excluding carboxylic acids is 1. The minimum atomic E-state index is -4.42. The number of nitrogens with zero attached hydrogens (tertiary/aromatic N) is 4. The Morgan fingerprint density at radius 1 is 0.971 bits per heavy atom. The number of hydrogen-bond acceptors (Lipinski definition) is 7. The first kappa shape index (κ1) is 22.7. The molecule has 0 aliphatic heterocycles. The van der Waals surface area contributed by atoms with Crippen molar-refractivity contribution in [3.05, 3.63) is 77.0 Å². The highest BCUT2D eigenvalue weighted by molar-refractivity contribution is 7.18. The highest BCUT2D eigenvalue weighted by Gasteiger charge is 2.30. The summed E-state index contributed by atoms with van der Waals surface area (Å²) in [5.74, 6) is -0.466. The van der Waals surface area contributed by atoms with E-state index in [1.165, 1.54) is 12.1 Å². The van der Waals surface area contributed by atoms with E-state index < -0.39 is 17.6 Å². The number of nitrogens with one attached hydrogen (secondary N) is 1. The fourth-order valence-electron chi connectivity index (χ4n) is 3.50. The molecule has 0 fully saturated rings. The van der Waals surface area contributed by atoms with Crippen LogP contribution in [0, 0.1) is 13.8 Å². The van der Waals surface area contributed by atoms with Crippen molar-refractivity contribution in [1.82, 2.24) is 20.3 Å². The smallest absolute Gasteiger partial charge is 0.335 e. The van der Waals surface area contributed by atoms with Crippen molar-refractivity contribution in [2.75, 3.05) is 5.32 Å². The maximum Gasteiger partial charge on any atom is 0.416 e. The SMILES string of the molecule is Cc1ccc(-c2cc(C(=O)Nc3nnc(-c4ccc(C(F)(F)F)cc4)s3)c3c(C)noc3n2)cc1. The molecule has 0 aliphatic rings. The van der Waals surface area contributed by atoms with E-state index in [1.807, 2.05) is 31.2 Å². The summed E-state index contributed by atoms with van der Waals surface area (Å²) in [6, 6.07) is 13.9. The number of amides is 1. The zero-order valence-corrected chi connectivity index (χ0v) is 19.2. The van der Waals surface area contributed by atoms with Crippen LogP contribution in [0.25, 0.3) is 32.9 Å². The van der Waals surface area contributed by atoms with Crippen LogP contribution in [0.1, 0.15) is 27.2 Å². The maximum absolute atomic E-state index is 13.2. The van der Waals surface area contributed by atoms with Crippen LogP contribution in [-0.2, 0) is 6.18 Å². The minimum Gasteiger partial charge on any atom is -0.335 e. The Morgan fingerprint density at radius 2 is 1.66 bits per heavy atom. The third kappa shape index (κ3) is 4.50. The van der Waals surface area contributed by atoms with Crippen LogP contribution in [0.15, 0.2) is 59.1 Å². The summed E-state index contributed by atoms with van der Waals surface area (Å²) in [4.78, 5) is 17.7. The summed E-state index contributed by atoms with van der Waals surface area (Å²) >= 11 is 1.05. The molecule has 0 atom stereocenters. The molecule has 3 aromatic heterocycles. The molecule has 35 heavy (non-hydrogen) atoms. The molecule has 0 unspecified atom stereocenters. The van der Waals surface area contributed by atoms with E-state index >= 15 is 0 Å².